The van der Waals surface area contributed by atoms with Crippen LogP contribution in [0.15, 0.2) is 64.5 Å². The fourth-order valence-electron chi connectivity index (χ4n) is 2.99. The second kappa shape index (κ2) is 6.77. The summed E-state index contributed by atoms with van der Waals surface area (Å²) in [5, 5.41) is 2.98. The molecule has 0 unspecified atom stereocenters. The monoisotopic (exact) mass is 362 g/mol. The molecule has 4 aromatic rings. The van der Waals surface area contributed by atoms with Gasteiger partial charge in [0.2, 0.25) is 0 Å². The minimum atomic E-state index is -0.177. The van der Waals surface area contributed by atoms with E-state index in [1.165, 1.54) is 0 Å². The van der Waals surface area contributed by atoms with Gasteiger partial charge < -0.3 is 4.42 Å². The highest BCUT2D eigenvalue weighted by Gasteiger charge is 2.25. The summed E-state index contributed by atoms with van der Waals surface area (Å²) in [5.41, 5.74) is 2.73. The highest BCUT2D eigenvalue weighted by atomic mass is 32.1. The highest BCUT2D eigenvalue weighted by Crippen LogP contribution is 2.29. The molecule has 0 aliphatic rings. The second-order valence-corrected chi connectivity index (χ2v) is 7.25. The lowest BCUT2D eigenvalue weighted by atomic mass is 10.1. The summed E-state index contributed by atoms with van der Waals surface area (Å²) >= 11 is 1.62. The molecule has 26 heavy (non-hydrogen) atoms. The summed E-state index contributed by atoms with van der Waals surface area (Å²) in [6.07, 6.45) is 1.69. The number of aryl methyl sites for hydroxylation is 2. The van der Waals surface area contributed by atoms with E-state index in [4.69, 9.17) is 4.42 Å². The molecular weight excluding hydrogens is 344 g/mol. The Hall–Kier alpha value is -2.92. The van der Waals surface area contributed by atoms with Crippen molar-refractivity contribution in [2.45, 2.75) is 20.4 Å². The van der Waals surface area contributed by atoms with Gasteiger partial charge in [-0.1, -0.05) is 23.8 Å². The largest absolute Gasteiger partial charge is 0.451 e. The predicted molar refractivity (Wildman–Crippen MR) is 105 cm³/mol. The van der Waals surface area contributed by atoms with Crippen LogP contribution in [0, 0.1) is 13.8 Å². The molecule has 0 bridgehead atoms. The summed E-state index contributed by atoms with van der Waals surface area (Å²) in [7, 11) is 0. The first-order valence-corrected chi connectivity index (χ1v) is 9.26. The van der Waals surface area contributed by atoms with Crippen LogP contribution in [0.1, 0.15) is 26.6 Å². The summed E-state index contributed by atoms with van der Waals surface area (Å²) < 4.78 is 5.92. The number of anilines is 1. The molecule has 4 rings (SSSR count). The molecule has 4 nitrogen and oxygen atoms in total. The topological polar surface area (TPSA) is 46.3 Å². The van der Waals surface area contributed by atoms with E-state index in [2.05, 4.69) is 11.1 Å². The van der Waals surface area contributed by atoms with Crippen molar-refractivity contribution >= 4 is 34.0 Å². The van der Waals surface area contributed by atoms with E-state index in [1.807, 2.05) is 61.7 Å². The maximum Gasteiger partial charge on any atom is 0.295 e. The number of carbonyl (C=O) groups excluding carboxylic acids is 1. The highest BCUT2D eigenvalue weighted by molar-refractivity contribution is 7.09. The van der Waals surface area contributed by atoms with Crippen LogP contribution in [-0.2, 0) is 6.54 Å². The molecule has 3 aromatic heterocycles. The number of nitrogens with zero attached hydrogens (tertiary/aromatic N) is 2. The predicted octanol–water partition coefficient (Wildman–Crippen LogP) is 5.35. The van der Waals surface area contributed by atoms with Gasteiger partial charge in [0.05, 0.1) is 6.54 Å². The summed E-state index contributed by atoms with van der Waals surface area (Å²) in [5.74, 6) is 0.804. The van der Waals surface area contributed by atoms with Crippen LogP contribution < -0.4 is 4.90 Å². The third kappa shape index (κ3) is 3.02. The van der Waals surface area contributed by atoms with E-state index >= 15 is 0 Å². The Morgan fingerprint density at radius 3 is 2.77 bits per heavy atom. The summed E-state index contributed by atoms with van der Waals surface area (Å²) in [4.78, 5) is 20.5. The third-order valence-electron chi connectivity index (χ3n) is 4.35. The third-order valence-corrected chi connectivity index (χ3v) is 5.21. The quantitative estimate of drug-likeness (QED) is 0.491. The van der Waals surface area contributed by atoms with Crippen molar-refractivity contribution in [3.8, 4) is 0 Å². The molecule has 130 valence electrons. The number of hydrogen-bond donors (Lipinski definition) is 0. The van der Waals surface area contributed by atoms with E-state index in [1.54, 1.807) is 22.4 Å². The molecule has 3 heterocycles. The Kier molecular flexibility index (Phi) is 4.31. The molecule has 0 fully saturated rings. The lowest BCUT2D eigenvalue weighted by molar-refractivity contribution is 0.0959. The molecule has 0 spiro atoms. The summed E-state index contributed by atoms with van der Waals surface area (Å²) in [6.45, 7) is 4.42. The number of fused-ring (bicyclic) bond motifs is 1. The molecule has 0 radical (unpaired) electrons. The van der Waals surface area contributed by atoms with Gasteiger partial charge in [-0.05, 0) is 49.6 Å². The first-order valence-electron chi connectivity index (χ1n) is 8.38. The van der Waals surface area contributed by atoms with Crippen LogP contribution in [0.5, 0.6) is 0 Å². The zero-order valence-corrected chi connectivity index (χ0v) is 15.4. The fourth-order valence-corrected chi connectivity index (χ4v) is 3.68. The standard InChI is InChI=1S/C21H18N2O2S/c1-14-8-9-18-17(12-14)15(2)20(25-18)21(24)23(13-16-6-5-11-26-16)19-7-3-4-10-22-19/h3-12H,13H2,1-2H3. The van der Waals surface area contributed by atoms with E-state index in [0.29, 0.717) is 18.1 Å². The molecule has 1 amide bonds. The number of benzene rings is 1. The SMILES string of the molecule is Cc1ccc2oc(C(=O)N(Cc3cccs3)c3ccccn3)c(C)c2c1. The van der Waals surface area contributed by atoms with Crippen molar-refractivity contribution in [1.29, 1.82) is 0 Å². The first kappa shape index (κ1) is 16.5. The van der Waals surface area contributed by atoms with Gasteiger partial charge in [0, 0.05) is 22.0 Å². The van der Waals surface area contributed by atoms with Crippen molar-refractivity contribution in [2.24, 2.45) is 0 Å². The Balaban J connectivity index is 1.78. The average Bonchev–Trinajstić information content (AvgIpc) is 3.28. The van der Waals surface area contributed by atoms with Crippen molar-refractivity contribution in [2.75, 3.05) is 4.90 Å². The van der Waals surface area contributed by atoms with Gasteiger partial charge in [0.1, 0.15) is 11.4 Å². The van der Waals surface area contributed by atoms with Gasteiger partial charge in [-0.3, -0.25) is 9.69 Å². The molecule has 0 aliphatic carbocycles. The number of thiophene rings is 1. The minimum Gasteiger partial charge on any atom is -0.451 e. The number of hydrogen-bond acceptors (Lipinski definition) is 4. The molecule has 0 atom stereocenters. The lowest BCUT2D eigenvalue weighted by Crippen LogP contribution is -2.31. The smallest absolute Gasteiger partial charge is 0.295 e. The molecule has 1 aromatic carbocycles. The molecule has 0 aliphatic heterocycles. The second-order valence-electron chi connectivity index (χ2n) is 6.21. The molecule has 5 heteroatoms. The Morgan fingerprint density at radius 1 is 1.15 bits per heavy atom. The van der Waals surface area contributed by atoms with Crippen molar-refractivity contribution < 1.29 is 9.21 Å². The number of carbonyl (C=O) groups is 1. The zero-order chi connectivity index (χ0) is 18.1. The Morgan fingerprint density at radius 2 is 2.04 bits per heavy atom. The van der Waals surface area contributed by atoms with Gasteiger partial charge in [-0.25, -0.2) is 4.98 Å². The maximum atomic E-state index is 13.3. The first-order chi connectivity index (χ1) is 12.6. The Labute approximate surface area is 155 Å². The van der Waals surface area contributed by atoms with Gasteiger partial charge in [0.15, 0.2) is 5.76 Å². The van der Waals surface area contributed by atoms with Gasteiger partial charge in [-0.2, -0.15) is 0 Å². The van der Waals surface area contributed by atoms with Gasteiger partial charge in [0.25, 0.3) is 5.91 Å². The number of amides is 1. The van der Waals surface area contributed by atoms with Crippen LogP contribution in [0.2, 0.25) is 0 Å². The minimum absolute atomic E-state index is 0.177. The molecule has 0 N–H and O–H groups in total. The van der Waals surface area contributed by atoms with Crippen LogP contribution in [0.25, 0.3) is 11.0 Å². The van der Waals surface area contributed by atoms with E-state index in [-0.39, 0.29) is 5.91 Å². The van der Waals surface area contributed by atoms with E-state index in [0.717, 1.165) is 27.0 Å². The van der Waals surface area contributed by atoms with E-state index < -0.39 is 0 Å². The van der Waals surface area contributed by atoms with Crippen LogP contribution in [0.4, 0.5) is 5.82 Å². The van der Waals surface area contributed by atoms with Crippen molar-refractivity contribution in [1.82, 2.24) is 4.98 Å². The Bertz CT molecular complexity index is 1050. The number of pyridine rings is 1. The van der Waals surface area contributed by atoms with Crippen molar-refractivity contribution in [3.63, 3.8) is 0 Å². The zero-order valence-electron chi connectivity index (χ0n) is 14.6. The molecular formula is C21H18N2O2S. The number of aromatic nitrogens is 1. The normalized spacial score (nSPS) is 11.0. The lowest BCUT2D eigenvalue weighted by Gasteiger charge is -2.20. The molecule has 0 saturated heterocycles. The number of rotatable bonds is 4. The summed E-state index contributed by atoms with van der Waals surface area (Å²) in [6, 6.07) is 15.5. The maximum absolute atomic E-state index is 13.3. The van der Waals surface area contributed by atoms with Crippen LogP contribution in [0.3, 0.4) is 0 Å². The van der Waals surface area contributed by atoms with Crippen LogP contribution >= 0.6 is 11.3 Å². The number of furan rings is 1. The van der Waals surface area contributed by atoms with Gasteiger partial charge >= 0.3 is 0 Å². The van der Waals surface area contributed by atoms with Crippen molar-refractivity contribution in [3.05, 3.63) is 81.9 Å². The average molecular weight is 362 g/mol. The van der Waals surface area contributed by atoms with Gasteiger partial charge in [-0.15, -0.1) is 11.3 Å². The van der Waals surface area contributed by atoms with Crippen LogP contribution in [-0.4, -0.2) is 10.9 Å². The van der Waals surface area contributed by atoms with E-state index in [9.17, 15) is 4.79 Å². The fraction of sp³-hybridized carbons (Fsp3) is 0.143. The molecule has 0 saturated carbocycles.